The number of nitrogens with zero attached hydrogens (tertiary/aromatic N) is 4. The van der Waals surface area contributed by atoms with Gasteiger partial charge in [-0.2, -0.15) is 10.1 Å². The van der Waals surface area contributed by atoms with Crippen LogP contribution in [0.2, 0.25) is 0 Å². The maximum Gasteiger partial charge on any atom is 0.265 e. The minimum atomic E-state index is 0.358. The van der Waals surface area contributed by atoms with Crippen LogP contribution in [0, 0.1) is 20.8 Å². The van der Waals surface area contributed by atoms with Gasteiger partial charge in [0.15, 0.2) is 5.65 Å². The van der Waals surface area contributed by atoms with Gasteiger partial charge in [-0.3, -0.25) is 0 Å². The summed E-state index contributed by atoms with van der Waals surface area (Å²) in [6.07, 6.45) is 1.78. The van der Waals surface area contributed by atoms with Crippen LogP contribution in [0.4, 0.5) is 5.95 Å². The smallest absolute Gasteiger partial charge is 0.265 e. The molecule has 0 unspecified atom stereocenters. The molecule has 0 fully saturated rings. The highest BCUT2D eigenvalue weighted by Crippen LogP contribution is 2.21. The number of aromatic nitrogens is 4. The Balaban J connectivity index is 1.60. The van der Waals surface area contributed by atoms with E-state index in [0.717, 1.165) is 22.0 Å². The average molecular weight is 330 g/mol. The molecule has 0 aliphatic rings. The first-order valence-corrected chi connectivity index (χ1v) is 8.10. The lowest BCUT2D eigenvalue weighted by Crippen LogP contribution is -2.00. The molecule has 4 aromatic rings. The van der Waals surface area contributed by atoms with Crippen LogP contribution in [0.15, 0.2) is 41.5 Å². The molecule has 0 saturated heterocycles. The van der Waals surface area contributed by atoms with E-state index in [1.54, 1.807) is 6.21 Å². The minimum absolute atomic E-state index is 0.358. The van der Waals surface area contributed by atoms with E-state index in [1.807, 2.05) is 24.3 Å². The second kappa shape index (κ2) is 5.98. The molecule has 0 atom stereocenters. The van der Waals surface area contributed by atoms with Gasteiger partial charge in [0.05, 0.1) is 6.21 Å². The van der Waals surface area contributed by atoms with Crippen LogP contribution < -0.4 is 5.43 Å². The van der Waals surface area contributed by atoms with Crippen LogP contribution in [0.3, 0.4) is 0 Å². The van der Waals surface area contributed by atoms with Crippen LogP contribution >= 0.6 is 0 Å². The monoisotopic (exact) mass is 330 g/mol. The summed E-state index contributed by atoms with van der Waals surface area (Å²) in [6.45, 7) is 6.27. The van der Waals surface area contributed by atoms with Crippen molar-refractivity contribution >= 4 is 34.2 Å². The van der Waals surface area contributed by atoms with Gasteiger partial charge in [0.25, 0.3) is 5.95 Å². The SMILES string of the molecule is Cc1cc(C)c(/C=N/Nc2nnc3c(n2)[nH]c2ccccc23)cc1C. The van der Waals surface area contributed by atoms with Crippen LogP contribution in [-0.2, 0) is 0 Å². The van der Waals surface area contributed by atoms with Crippen LogP contribution in [0.25, 0.3) is 22.1 Å². The fourth-order valence-corrected chi connectivity index (χ4v) is 2.85. The van der Waals surface area contributed by atoms with Crippen LogP contribution in [0.1, 0.15) is 22.3 Å². The van der Waals surface area contributed by atoms with Crippen molar-refractivity contribution in [3.8, 4) is 0 Å². The largest absolute Gasteiger partial charge is 0.338 e. The lowest BCUT2D eigenvalue weighted by molar-refractivity contribution is 1.01. The molecule has 2 aromatic carbocycles. The number of nitrogens with one attached hydrogen (secondary N) is 2. The summed E-state index contributed by atoms with van der Waals surface area (Å²) in [4.78, 5) is 7.69. The Labute approximate surface area is 145 Å². The Morgan fingerprint density at radius 1 is 1.00 bits per heavy atom. The number of benzene rings is 2. The Bertz CT molecular complexity index is 1110. The zero-order valence-electron chi connectivity index (χ0n) is 14.3. The molecule has 6 nitrogen and oxygen atoms in total. The lowest BCUT2D eigenvalue weighted by Gasteiger charge is -2.05. The van der Waals surface area contributed by atoms with Gasteiger partial charge in [-0.1, -0.05) is 24.3 Å². The van der Waals surface area contributed by atoms with E-state index in [1.165, 1.54) is 16.7 Å². The van der Waals surface area contributed by atoms with Gasteiger partial charge in [-0.15, -0.1) is 10.2 Å². The molecule has 0 radical (unpaired) electrons. The zero-order valence-corrected chi connectivity index (χ0v) is 14.3. The normalized spacial score (nSPS) is 11.6. The van der Waals surface area contributed by atoms with Gasteiger partial charge in [0.2, 0.25) is 0 Å². The summed E-state index contributed by atoms with van der Waals surface area (Å²) in [6, 6.07) is 12.2. The van der Waals surface area contributed by atoms with E-state index in [9.17, 15) is 0 Å². The molecule has 0 bridgehead atoms. The first-order valence-electron chi connectivity index (χ1n) is 8.10. The Hall–Kier alpha value is -3.28. The predicted octanol–water partition coefficient (Wildman–Crippen LogP) is 3.88. The van der Waals surface area contributed by atoms with Gasteiger partial charge in [0, 0.05) is 10.9 Å². The summed E-state index contributed by atoms with van der Waals surface area (Å²) in [5.41, 5.74) is 10.1. The number of fused-ring (bicyclic) bond motifs is 3. The molecule has 0 saturated carbocycles. The molecule has 0 amide bonds. The third-order valence-electron chi connectivity index (χ3n) is 4.37. The highest BCUT2D eigenvalue weighted by atomic mass is 15.4. The van der Waals surface area contributed by atoms with E-state index in [4.69, 9.17) is 0 Å². The minimum Gasteiger partial charge on any atom is -0.338 e. The molecule has 0 spiro atoms. The van der Waals surface area contributed by atoms with Gasteiger partial charge in [0.1, 0.15) is 5.52 Å². The molecule has 6 heteroatoms. The number of hydrogen-bond donors (Lipinski definition) is 2. The summed E-state index contributed by atoms with van der Waals surface area (Å²) < 4.78 is 0. The number of hydrazone groups is 1. The van der Waals surface area contributed by atoms with Crippen molar-refractivity contribution in [1.29, 1.82) is 0 Å². The number of hydrogen-bond acceptors (Lipinski definition) is 5. The molecule has 0 aliphatic carbocycles. The molecule has 0 aliphatic heterocycles. The first kappa shape index (κ1) is 15.3. The van der Waals surface area contributed by atoms with E-state index in [2.05, 4.69) is 63.6 Å². The predicted molar refractivity (Wildman–Crippen MR) is 101 cm³/mol. The summed E-state index contributed by atoms with van der Waals surface area (Å²) >= 11 is 0. The molecule has 2 N–H and O–H groups in total. The maximum absolute atomic E-state index is 4.44. The number of aryl methyl sites for hydroxylation is 3. The zero-order chi connectivity index (χ0) is 17.4. The first-order chi connectivity index (χ1) is 12.1. The second-order valence-electron chi connectivity index (χ2n) is 6.17. The third-order valence-corrected chi connectivity index (χ3v) is 4.37. The topological polar surface area (TPSA) is 78.8 Å². The highest BCUT2D eigenvalue weighted by Gasteiger charge is 2.08. The van der Waals surface area contributed by atoms with Crippen molar-refractivity contribution < 1.29 is 0 Å². The molecule has 2 aromatic heterocycles. The van der Waals surface area contributed by atoms with Gasteiger partial charge in [-0.05, 0) is 55.2 Å². The van der Waals surface area contributed by atoms with Crippen molar-refractivity contribution in [2.75, 3.05) is 5.43 Å². The van der Waals surface area contributed by atoms with Gasteiger partial charge in [-0.25, -0.2) is 5.43 Å². The maximum atomic E-state index is 4.44. The second-order valence-corrected chi connectivity index (χ2v) is 6.17. The number of H-pyrrole nitrogens is 1. The number of para-hydroxylation sites is 1. The molecule has 4 rings (SSSR count). The van der Waals surface area contributed by atoms with Crippen molar-refractivity contribution in [2.24, 2.45) is 5.10 Å². The average Bonchev–Trinajstić information content (AvgIpc) is 2.97. The number of anilines is 1. The van der Waals surface area contributed by atoms with Gasteiger partial charge < -0.3 is 4.98 Å². The molecular weight excluding hydrogens is 312 g/mol. The van der Waals surface area contributed by atoms with Crippen molar-refractivity contribution in [3.63, 3.8) is 0 Å². The number of rotatable bonds is 3. The van der Waals surface area contributed by atoms with E-state index < -0.39 is 0 Å². The third kappa shape index (κ3) is 2.82. The fraction of sp³-hybridized carbons (Fsp3) is 0.158. The fourth-order valence-electron chi connectivity index (χ4n) is 2.85. The molecule has 2 heterocycles. The van der Waals surface area contributed by atoms with Crippen LogP contribution in [-0.4, -0.2) is 26.4 Å². The molecular formula is C19H18N6. The highest BCUT2D eigenvalue weighted by molar-refractivity contribution is 6.03. The van der Waals surface area contributed by atoms with E-state index in [0.29, 0.717) is 11.6 Å². The lowest BCUT2D eigenvalue weighted by atomic mass is 10.0. The Morgan fingerprint density at radius 2 is 1.80 bits per heavy atom. The summed E-state index contributed by atoms with van der Waals surface area (Å²) in [5.74, 6) is 0.358. The quantitative estimate of drug-likeness (QED) is 0.441. The van der Waals surface area contributed by atoms with E-state index >= 15 is 0 Å². The van der Waals surface area contributed by atoms with Crippen molar-refractivity contribution in [3.05, 3.63) is 58.7 Å². The summed E-state index contributed by atoms with van der Waals surface area (Å²) in [7, 11) is 0. The Kier molecular flexibility index (Phi) is 3.65. The molecule has 25 heavy (non-hydrogen) atoms. The summed E-state index contributed by atoms with van der Waals surface area (Å²) in [5, 5.41) is 13.6. The standard InChI is InChI=1S/C19H18N6/c1-11-8-13(3)14(9-12(11)2)10-20-24-19-22-18-17(23-25-19)15-6-4-5-7-16(15)21-18/h4-10H,1-3H3,(H2,21,22,24,25)/b20-10+. The number of aromatic amines is 1. The van der Waals surface area contributed by atoms with Crippen LogP contribution in [0.5, 0.6) is 0 Å². The van der Waals surface area contributed by atoms with Crippen molar-refractivity contribution in [2.45, 2.75) is 20.8 Å². The van der Waals surface area contributed by atoms with Crippen molar-refractivity contribution in [1.82, 2.24) is 20.2 Å². The van der Waals surface area contributed by atoms with Gasteiger partial charge >= 0.3 is 0 Å². The Morgan fingerprint density at radius 3 is 2.68 bits per heavy atom. The molecule has 124 valence electrons. The van der Waals surface area contributed by atoms with E-state index in [-0.39, 0.29) is 0 Å².